The number of para-hydroxylation sites is 1. The minimum Gasteiger partial charge on any atom is -0.507 e. The van der Waals surface area contributed by atoms with Crippen molar-refractivity contribution >= 4 is 11.9 Å². The molecule has 0 amide bonds. The quantitative estimate of drug-likeness (QED) is 0.502. The average Bonchev–Trinajstić information content (AvgIpc) is 2.49. The normalized spacial score (nSPS) is 10.7. The molecular formula is C19H18O2. The van der Waals surface area contributed by atoms with Gasteiger partial charge in [0, 0.05) is 0 Å². The van der Waals surface area contributed by atoms with Crippen molar-refractivity contribution in [3.8, 4) is 5.75 Å². The van der Waals surface area contributed by atoms with Crippen LogP contribution in [0.1, 0.15) is 27.0 Å². The van der Waals surface area contributed by atoms with Gasteiger partial charge in [0.1, 0.15) is 5.75 Å². The first kappa shape index (κ1) is 14.8. The highest BCUT2D eigenvalue weighted by atomic mass is 16.3. The van der Waals surface area contributed by atoms with Crippen LogP contribution in [0.2, 0.25) is 0 Å². The predicted octanol–water partition coefficient (Wildman–Crippen LogP) is 4.33. The second-order valence-electron chi connectivity index (χ2n) is 4.91. The summed E-state index contributed by atoms with van der Waals surface area (Å²) in [5.74, 6) is -0.171. The van der Waals surface area contributed by atoms with E-state index in [2.05, 4.69) is 6.58 Å². The van der Waals surface area contributed by atoms with E-state index in [4.69, 9.17) is 0 Å². The molecule has 0 spiro atoms. The number of ketones is 1. The fourth-order valence-corrected chi connectivity index (χ4v) is 2.05. The molecule has 2 aromatic rings. The zero-order valence-corrected chi connectivity index (χ0v) is 12.0. The molecule has 0 unspecified atom stereocenters. The van der Waals surface area contributed by atoms with Crippen LogP contribution in [0.4, 0.5) is 0 Å². The third kappa shape index (κ3) is 3.69. The SMILES string of the molecule is C=CCc1cccc(C(=O)/C=C/c2ccc(C)cc2)c1O. The zero-order chi connectivity index (χ0) is 15.2. The maximum absolute atomic E-state index is 12.2. The van der Waals surface area contributed by atoms with Crippen LogP contribution < -0.4 is 0 Å². The minimum atomic E-state index is -0.209. The van der Waals surface area contributed by atoms with Crippen molar-refractivity contribution in [2.45, 2.75) is 13.3 Å². The summed E-state index contributed by atoms with van der Waals surface area (Å²) < 4.78 is 0. The highest BCUT2D eigenvalue weighted by molar-refractivity contribution is 6.08. The third-order valence-corrected chi connectivity index (χ3v) is 3.25. The Morgan fingerprint density at radius 2 is 1.90 bits per heavy atom. The number of aryl methyl sites for hydroxylation is 1. The van der Waals surface area contributed by atoms with E-state index in [-0.39, 0.29) is 11.5 Å². The Kier molecular flexibility index (Phi) is 4.72. The third-order valence-electron chi connectivity index (χ3n) is 3.25. The van der Waals surface area contributed by atoms with Gasteiger partial charge in [0.15, 0.2) is 5.78 Å². The summed E-state index contributed by atoms with van der Waals surface area (Å²) in [4.78, 5) is 12.2. The van der Waals surface area contributed by atoms with Crippen molar-refractivity contribution in [1.82, 2.24) is 0 Å². The Balaban J connectivity index is 2.22. The number of phenols is 1. The van der Waals surface area contributed by atoms with Gasteiger partial charge in [0.2, 0.25) is 0 Å². The van der Waals surface area contributed by atoms with E-state index in [1.807, 2.05) is 31.2 Å². The number of hydrogen-bond donors (Lipinski definition) is 1. The molecule has 2 heteroatoms. The number of allylic oxidation sites excluding steroid dienone is 2. The van der Waals surface area contributed by atoms with Crippen LogP contribution in [-0.2, 0) is 6.42 Å². The second kappa shape index (κ2) is 6.71. The highest BCUT2D eigenvalue weighted by Crippen LogP contribution is 2.24. The van der Waals surface area contributed by atoms with Gasteiger partial charge in [-0.15, -0.1) is 6.58 Å². The van der Waals surface area contributed by atoms with Gasteiger partial charge in [0.05, 0.1) is 5.56 Å². The predicted molar refractivity (Wildman–Crippen MR) is 86.6 cm³/mol. The Labute approximate surface area is 125 Å². The van der Waals surface area contributed by atoms with Crippen molar-refractivity contribution in [2.75, 3.05) is 0 Å². The highest BCUT2D eigenvalue weighted by Gasteiger charge is 2.11. The first-order valence-corrected chi connectivity index (χ1v) is 6.82. The summed E-state index contributed by atoms with van der Waals surface area (Å²) in [5, 5.41) is 10.1. The fraction of sp³-hybridized carbons (Fsp3) is 0.105. The van der Waals surface area contributed by atoms with E-state index in [1.165, 1.54) is 11.6 Å². The molecule has 0 heterocycles. The molecular weight excluding hydrogens is 260 g/mol. The van der Waals surface area contributed by atoms with E-state index in [1.54, 1.807) is 30.4 Å². The molecule has 0 aliphatic heterocycles. The molecule has 21 heavy (non-hydrogen) atoms. The van der Waals surface area contributed by atoms with Crippen molar-refractivity contribution in [3.63, 3.8) is 0 Å². The van der Waals surface area contributed by atoms with Gasteiger partial charge >= 0.3 is 0 Å². The largest absolute Gasteiger partial charge is 0.507 e. The molecule has 106 valence electrons. The lowest BCUT2D eigenvalue weighted by Crippen LogP contribution is -1.97. The molecule has 2 rings (SSSR count). The molecule has 1 N–H and O–H groups in total. The molecule has 0 fully saturated rings. The summed E-state index contributed by atoms with van der Waals surface area (Å²) in [6.07, 6.45) is 5.47. The fourth-order valence-electron chi connectivity index (χ4n) is 2.05. The van der Waals surface area contributed by atoms with E-state index in [0.29, 0.717) is 17.5 Å². The van der Waals surface area contributed by atoms with Crippen LogP contribution in [-0.4, -0.2) is 10.9 Å². The lowest BCUT2D eigenvalue weighted by molar-refractivity contribution is 0.104. The summed E-state index contributed by atoms with van der Waals surface area (Å²) in [6.45, 7) is 5.66. The van der Waals surface area contributed by atoms with Gasteiger partial charge in [-0.25, -0.2) is 0 Å². The van der Waals surface area contributed by atoms with Gasteiger partial charge in [-0.2, -0.15) is 0 Å². The molecule has 0 radical (unpaired) electrons. The Morgan fingerprint density at radius 1 is 1.19 bits per heavy atom. The Hall–Kier alpha value is -2.61. The second-order valence-corrected chi connectivity index (χ2v) is 4.91. The standard InChI is InChI=1S/C19H18O2/c1-3-5-16-6-4-7-17(19(16)21)18(20)13-12-15-10-8-14(2)9-11-15/h3-4,6-13,21H,1,5H2,2H3/b13-12+. The summed E-state index contributed by atoms with van der Waals surface area (Å²) in [7, 11) is 0. The number of aromatic hydroxyl groups is 1. The van der Waals surface area contributed by atoms with Gasteiger partial charge in [-0.05, 0) is 36.6 Å². The number of carbonyl (C=O) groups excluding carboxylic acids is 1. The smallest absolute Gasteiger partial charge is 0.189 e. The summed E-state index contributed by atoms with van der Waals surface area (Å²) in [6, 6.07) is 13.1. The number of carbonyl (C=O) groups is 1. The van der Waals surface area contributed by atoms with E-state index >= 15 is 0 Å². The van der Waals surface area contributed by atoms with Crippen LogP contribution in [0.25, 0.3) is 6.08 Å². The molecule has 0 saturated carbocycles. The van der Waals surface area contributed by atoms with Gasteiger partial charge < -0.3 is 5.11 Å². The molecule has 2 aromatic carbocycles. The molecule has 0 aromatic heterocycles. The molecule has 0 aliphatic carbocycles. The minimum absolute atomic E-state index is 0.0379. The van der Waals surface area contributed by atoms with Crippen LogP contribution >= 0.6 is 0 Å². The number of rotatable bonds is 5. The van der Waals surface area contributed by atoms with Crippen molar-refractivity contribution in [1.29, 1.82) is 0 Å². The van der Waals surface area contributed by atoms with Crippen LogP contribution in [0.15, 0.2) is 61.2 Å². The summed E-state index contributed by atoms with van der Waals surface area (Å²) in [5.41, 5.74) is 3.15. The monoisotopic (exact) mass is 278 g/mol. The van der Waals surface area contributed by atoms with Gasteiger partial charge in [-0.3, -0.25) is 4.79 Å². The molecule has 2 nitrogen and oxygen atoms in total. The molecule has 0 bridgehead atoms. The molecule has 0 atom stereocenters. The maximum atomic E-state index is 12.2. The van der Waals surface area contributed by atoms with E-state index in [0.717, 1.165) is 5.56 Å². The van der Waals surface area contributed by atoms with Crippen molar-refractivity contribution < 1.29 is 9.90 Å². The molecule has 0 aliphatic rings. The summed E-state index contributed by atoms with van der Waals surface area (Å²) >= 11 is 0. The van der Waals surface area contributed by atoms with E-state index in [9.17, 15) is 9.90 Å². The zero-order valence-electron chi connectivity index (χ0n) is 12.0. The topological polar surface area (TPSA) is 37.3 Å². The Bertz CT molecular complexity index is 679. The van der Waals surface area contributed by atoms with E-state index < -0.39 is 0 Å². The first-order chi connectivity index (χ1) is 10.1. The van der Waals surface area contributed by atoms with Gasteiger partial charge in [0.25, 0.3) is 0 Å². The number of hydrogen-bond acceptors (Lipinski definition) is 2. The van der Waals surface area contributed by atoms with Crippen LogP contribution in [0.5, 0.6) is 5.75 Å². The lowest BCUT2D eigenvalue weighted by Gasteiger charge is -2.05. The van der Waals surface area contributed by atoms with Crippen LogP contribution in [0, 0.1) is 6.92 Å². The molecule has 0 saturated heterocycles. The lowest BCUT2D eigenvalue weighted by atomic mass is 10.0. The maximum Gasteiger partial charge on any atom is 0.189 e. The number of phenolic OH excluding ortho intramolecular Hbond substituents is 1. The van der Waals surface area contributed by atoms with Crippen LogP contribution in [0.3, 0.4) is 0 Å². The Morgan fingerprint density at radius 3 is 2.57 bits per heavy atom. The van der Waals surface area contributed by atoms with Crippen molar-refractivity contribution in [2.24, 2.45) is 0 Å². The number of benzene rings is 2. The average molecular weight is 278 g/mol. The first-order valence-electron chi connectivity index (χ1n) is 6.82. The van der Waals surface area contributed by atoms with Gasteiger partial charge in [-0.1, -0.05) is 54.1 Å². The van der Waals surface area contributed by atoms with Crippen molar-refractivity contribution in [3.05, 3.63) is 83.4 Å².